The van der Waals surface area contributed by atoms with Gasteiger partial charge in [-0.05, 0) is 18.9 Å². The van der Waals surface area contributed by atoms with Crippen LogP contribution in [0.2, 0.25) is 0 Å². The second-order valence-corrected chi connectivity index (χ2v) is 6.04. The second kappa shape index (κ2) is 11.9. The van der Waals surface area contributed by atoms with Gasteiger partial charge in [-0.25, -0.2) is 0 Å². The topological polar surface area (TPSA) is 79.2 Å². The first-order valence-corrected chi connectivity index (χ1v) is 8.59. The third-order valence-corrected chi connectivity index (χ3v) is 4.00. The minimum Gasteiger partial charge on any atom is -0.499 e. The minimum atomic E-state index is -1.05. The van der Waals surface area contributed by atoms with E-state index in [4.69, 9.17) is 9.47 Å². The Morgan fingerprint density at radius 2 is 1.82 bits per heavy atom. The fraction of sp³-hybridized carbons (Fsp3) is 0.882. The summed E-state index contributed by atoms with van der Waals surface area (Å²) in [4.78, 5) is 0. The molecule has 1 aliphatic heterocycles. The predicted octanol–water partition coefficient (Wildman–Crippen LogP) is 2.14. The van der Waals surface area contributed by atoms with Crippen LogP contribution in [0.15, 0.2) is 12.3 Å². The van der Waals surface area contributed by atoms with Crippen molar-refractivity contribution in [1.82, 2.24) is 0 Å². The summed E-state index contributed by atoms with van der Waals surface area (Å²) < 4.78 is 10.4. The first kappa shape index (κ1) is 19.4. The van der Waals surface area contributed by atoms with E-state index in [-0.39, 0.29) is 13.2 Å². The summed E-state index contributed by atoms with van der Waals surface area (Å²) >= 11 is 0. The Hall–Kier alpha value is -0.620. The van der Waals surface area contributed by atoms with E-state index in [1.807, 2.05) is 6.08 Å². The van der Waals surface area contributed by atoms with E-state index in [9.17, 15) is 15.3 Å². The largest absolute Gasteiger partial charge is 0.499 e. The average Bonchev–Trinajstić information content (AvgIpc) is 2.84. The maximum atomic E-state index is 9.83. The molecule has 1 saturated heterocycles. The lowest BCUT2D eigenvalue weighted by Gasteiger charge is -2.20. The molecule has 130 valence electrons. The molecule has 1 heterocycles. The Morgan fingerprint density at radius 3 is 2.45 bits per heavy atom. The highest BCUT2D eigenvalue weighted by atomic mass is 16.5. The Bertz CT molecular complexity index is 295. The zero-order valence-corrected chi connectivity index (χ0v) is 13.7. The Balaban J connectivity index is 1.95. The van der Waals surface area contributed by atoms with Crippen molar-refractivity contribution >= 4 is 0 Å². The van der Waals surface area contributed by atoms with Gasteiger partial charge in [0.05, 0.1) is 12.9 Å². The molecular formula is C17H32O5. The summed E-state index contributed by atoms with van der Waals surface area (Å²) in [6.07, 6.45) is 9.86. The molecule has 0 bridgehead atoms. The number of rotatable bonds is 12. The number of allylic oxidation sites excluding steroid dienone is 1. The summed E-state index contributed by atoms with van der Waals surface area (Å²) in [6.45, 7) is 2.34. The van der Waals surface area contributed by atoms with Crippen molar-refractivity contribution in [3.05, 3.63) is 12.3 Å². The zero-order chi connectivity index (χ0) is 16.2. The smallest absolute Gasteiger partial charge is 0.117 e. The van der Waals surface area contributed by atoms with Crippen LogP contribution in [0, 0.1) is 0 Å². The van der Waals surface area contributed by atoms with Crippen LogP contribution < -0.4 is 0 Å². The summed E-state index contributed by atoms with van der Waals surface area (Å²) in [6, 6.07) is 0. The van der Waals surface area contributed by atoms with Crippen LogP contribution in [-0.4, -0.2) is 52.9 Å². The van der Waals surface area contributed by atoms with E-state index in [0.29, 0.717) is 0 Å². The van der Waals surface area contributed by atoms with Gasteiger partial charge < -0.3 is 24.8 Å². The van der Waals surface area contributed by atoms with Crippen LogP contribution in [0.25, 0.3) is 0 Å². The highest BCUT2D eigenvalue weighted by molar-refractivity contribution is 4.88. The van der Waals surface area contributed by atoms with Crippen molar-refractivity contribution in [2.24, 2.45) is 0 Å². The number of aliphatic hydroxyl groups is 3. The molecule has 0 amide bonds. The van der Waals surface area contributed by atoms with Gasteiger partial charge in [-0.2, -0.15) is 0 Å². The number of aliphatic hydroxyl groups excluding tert-OH is 3. The molecule has 0 unspecified atom stereocenters. The Labute approximate surface area is 133 Å². The summed E-state index contributed by atoms with van der Waals surface area (Å²) in [5.74, 6) is 0. The molecule has 3 N–H and O–H groups in total. The van der Waals surface area contributed by atoms with Gasteiger partial charge in [-0.1, -0.05) is 45.4 Å². The van der Waals surface area contributed by atoms with Crippen LogP contribution in [0.5, 0.6) is 0 Å². The van der Waals surface area contributed by atoms with Crippen LogP contribution in [0.4, 0.5) is 0 Å². The van der Waals surface area contributed by atoms with Crippen LogP contribution in [0.1, 0.15) is 58.3 Å². The normalized spacial score (nSPS) is 26.6. The molecule has 0 spiro atoms. The number of ether oxygens (including phenoxy) is 2. The highest BCUT2D eigenvalue weighted by Gasteiger charge is 2.39. The SMILES string of the molecule is CCCCCCCCC/C=C/OC[C@H](O)[C@H]1OC[C@@H](O)[C@H]1O. The molecule has 1 rings (SSSR count). The van der Waals surface area contributed by atoms with E-state index in [2.05, 4.69) is 6.92 Å². The average molecular weight is 316 g/mol. The third-order valence-electron chi connectivity index (χ3n) is 4.00. The first-order chi connectivity index (χ1) is 10.7. The van der Waals surface area contributed by atoms with E-state index in [0.717, 1.165) is 12.8 Å². The number of hydrogen-bond acceptors (Lipinski definition) is 5. The van der Waals surface area contributed by atoms with Gasteiger partial charge in [0.15, 0.2) is 0 Å². The van der Waals surface area contributed by atoms with Gasteiger partial charge >= 0.3 is 0 Å². The van der Waals surface area contributed by atoms with E-state index in [1.165, 1.54) is 38.5 Å². The molecule has 5 nitrogen and oxygen atoms in total. The second-order valence-electron chi connectivity index (χ2n) is 6.04. The number of hydrogen-bond donors (Lipinski definition) is 3. The highest BCUT2D eigenvalue weighted by Crippen LogP contribution is 2.17. The lowest BCUT2D eigenvalue weighted by atomic mass is 10.1. The molecule has 0 aromatic carbocycles. The fourth-order valence-corrected chi connectivity index (χ4v) is 2.57. The standard InChI is InChI=1S/C17H32O5/c1-2-3-4-5-6-7-8-9-10-11-21-12-15(19)17-16(20)14(18)13-22-17/h10-11,14-20H,2-9,12-13H2,1H3/b11-10+/t14-,15+,16-,17-/m1/s1. The van der Waals surface area contributed by atoms with Crippen LogP contribution in [0.3, 0.4) is 0 Å². The zero-order valence-electron chi connectivity index (χ0n) is 13.7. The van der Waals surface area contributed by atoms with Crippen molar-refractivity contribution in [1.29, 1.82) is 0 Å². The number of unbranched alkanes of at least 4 members (excludes halogenated alkanes) is 7. The van der Waals surface area contributed by atoms with E-state index >= 15 is 0 Å². The first-order valence-electron chi connectivity index (χ1n) is 8.59. The minimum absolute atomic E-state index is 0.0526. The van der Waals surface area contributed by atoms with Gasteiger partial charge in [-0.15, -0.1) is 0 Å². The summed E-state index contributed by atoms with van der Waals surface area (Å²) in [7, 11) is 0. The molecule has 0 radical (unpaired) electrons. The molecule has 22 heavy (non-hydrogen) atoms. The van der Waals surface area contributed by atoms with E-state index < -0.39 is 24.4 Å². The summed E-state index contributed by atoms with van der Waals surface area (Å²) in [5.41, 5.74) is 0. The quantitative estimate of drug-likeness (QED) is 0.380. The van der Waals surface area contributed by atoms with E-state index in [1.54, 1.807) is 6.26 Å². The van der Waals surface area contributed by atoms with Gasteiger partial charge in [-0.3, -0.25) is 0 Å². The Morgan fingerprint density at radius 1 is 1.14 bits per heavy atom. The molecule has 0 aromatic rings. The van der Waals surface area contributed by atoms with Crippen molar-refractivity contribution in [3.63, 3.8) is 0 Å². The lowest BCUT2D eigenvalue weighted by Crippen LogP contribution is -2.40. The maximum Gasteiger partial charge on any atom is 0.117 e. The molecule has 0 saturated carbocycles. The molecule has 0 aliphatic carbocycles. The van der Waals surface area contributed by atoms with Gasteiger partial charge in [0.2, 0.25) is 0 Å². The molecule has 5 heteroatoms. The van der Waals surface area contributed by atoms with Gasteiger partial charge in [0.25, 0.3) is 0 Å². The predicted molar refractivity (Wildman–Crippen MR) is 85.5 cm³/mol. The fourth-order valence-electron chi connectivity index (χ4n) is 2.57. The van der Waals surface area contributed by atoms with Crippen molar-refractivity contribution in [2.45, 2.75) is 82.7 Å². The maximum absolute atomic E-state index is 9.83. The lowest BCUT2D eigenvalue weighted by molar-refractivity contribution is -0.0703. The van der Waals surface area contributed by atoms with Crippen LogP contribution in [-0.2, 0) is 9.47 Å². The molecule has 1 fully saturated rings. The van der Waals surface area contributed by atoms with Crippen molar-refractivity contribution in [3.8, 4) is 0 Å². The van der Waals surface area contributed by atoms with Gasteiger partial charge in [0.1, 0.15) is 31.0 Å². The molecule has 4 atom stereocenters. The molecular weight excluding hydrogens is 284 g/mol. The monoisotopic (exact) mass is 316 g/mol. The molecule has 1 aliphatic rings. The van der Waals surface area contributed by atoms with Crippen molar-refractivity contribution < 1.29 is 24.8 Å². The van der Waals surface area contributed by atoms with Crippen LogP contribution >= 0.6 is 0 Å². The third kappa shape index (κ3) is 7.58. The molecule has 0 aromatic heterocycles. The van der Waals surface area contributed by atoms with Crippen molar-refractivity contribution in [2.75, 3.05) is 13.2 Å². The Kier molecular flexibility index (Phi) is 10.5. The van der Waals surface area contributed by atoms with Gasteiger partial charge in [0, 0.05) is 0 Å². The summed E-state index contributed by atoms with van der Waals surface area (Å²) in [5, 5.41) is 28.8.